The number of hydrogen-bond donors (Lipinski definition) is 1. The number of nitrogens with zero attached hydrogens (tertiary/aromatic N) is 1. The zero-order valence-corrected chi connectivity index (χ0v) is 11.5. The number of piperidine rings is 1. The summed E-state index contributed by atoms with van der Waals surface area (Å²) >= 11 is 0. The van der Waals surface area contributed by atoms with E-state index >= 15 is 0 Å². The number of rotatable bonds is 3. The molecule has 0 spiro atoms. The molecular formula is C15H21NO3. The van der Waals surface area contributed by atoms with E-state index in [0.29, 0.717) is 19.4 Å². The summed E-state index contributed by atoms with van der Waals surface area (Å²) in [5, 5.41) is 9.76. The summed E-state index contributed by atoms with van der Waals surface area (Å²) in [6, 6.07) is 9.87. The van der Waals surface area contributed by atoms with Gasteiger partial charge >= 0.3 is 5.97 Å². The van der Waals surface area contributed by atoms with Crippen molar-refractivity contribution in [1.29, 1.82) is 0 Å². The van der Waals surface area contributed by atoms with E-state index in [2.05, 4.69) is 24.0 Å². The van der Waals surface area contributed by atoms with Crippen molar-refractivity contribution in [3.05, 3.63) is 35.9 Å². The minimum Gasteiger partial charge on any atom is -0.468 e. The summed E-state index contributed by atoms with van der Waals surface area (Å²) < 4.78 is 4.86. The minimum atomic E-state index is -0.414. The van der Waals surface area contributed by atoms with Gasteiger partial charge in [-0.1, -0.05) is 30.3 Å². The van der Waals surface area contributed by atoms with Crippen molar-refractivity contribution in [2.45, 2.75) is 38.0 Å². The summed E-state index contributed by atoms with van der Waals surface area (Å²) in [4.78, 5) is 14.0. The Labute approximate surface area is 114 Å². The lowest BCUT2D eigenvalue weighted by molar-refractivity contribution is -0.151. The first kappa shape index (κ1) is 14.0. The molecule has 0 saturated carbocycles. The van der Waals surface area contributed by atoms with Gasteiger partial charge < -0.3 is 9.84 Å². The molecule has 0 aliphatic carbocycles. The molecule has 1 saturated heterocycles. The van der Waals surface area contributed by atoms with Crippen molar-refractivity contribution in [2.75, 3.05) is 13.7 Å². The summed E-state index contributed by atoms with van der Waals surface area (Å²) in [6.07, 6.45) is 0.734. The molecule has 0 amide bonds. The molecule has 1 aliphatic heterocycles. The zero-order chi connectivity index (χ0) is 13.8. The smallest absolute Gasteiger partial charge is 0.323 e. The van der Waals surface area contributed by atoms with Crippen LogP contribution in [0.2, 0.25) is 0 Å². The van der Waals surface area contributed by atoms with Crippen LogP contribution in [0.25, 0.3) is 0 Å². The molecule has 3 atom stereocenters. The highest BCUT2D eigenvalue weighted by Gasteiger charge is 2.36. The van der Waals surface area contributed by atoms with Gasteiger partial charge in [-0.15, -0.1) is 0 Å². The molecule has 1 fully saturated rings. The Hall–Kier alpha value is -1.39. The minimum absolute atomic E-state index is 0.137. The summed E-state index contributed by atoms with van der Waals surface area (Å²) in [6.45, 7) is 2.79. The van der Waals surface area contributed by atoms with Gasteiger partial charge in [-0.25, -0.2) is 0 Å². The summed E-state index contributed by atoms with van der Waals surface area (Å²) in [5.41, 5.74) is 1.17. The molecule has 1 heterocycles. The lowest BCUT2D eigenvalue weighted by Crippen LogP contribution is -2.49. The van der Waals surface area contributed by atoms with E-state index in [-0.39, 0.29) is 18.1 Å². The predicted octanol–water partition coefficient (Wildman–Crippen LogP) is 1.75. The second-order valence-electron chi connectivity index (χ2n) is 5.04. The van der Waals surface area contributed by atoms with Gasteiger partial charge in [0, 0.05) is 12.6 Å². The number of carbonyl (C=O) groups excluding carboxylic acids is 1. The molecule has 0 aromatic heterocycles. The number of benzene rings is 1. The summed E-state index contributed by atoms with van der Waals surface area (Å²) in [7, 11) is 1.40. The first-order valence-corrected chi connectivity index (χ1v) is 6.70. The third-order valence-electron chi connectivity index (χ3n) is 3.87. The van der Waals surface area contributed by atoms with Gasteiger partial charge in [0.2, 0.25) is 0 Å². The second kappa shape index (κ2) is 6.17. The van der Waals surface area contributed by atoms with Crippen molar-refractivity contribution in [2.24, 2.45) is 0 Å². The molecule has 0 bridgehead atoms. The average molecular weight is 263 g/mol. The Balaban J connectivity index is 2.18. The van der Waals surface area contributed by atoms with Gasteiger partial charge in [0.05, 0.1) is 13.2 Å². The molecule has 2 rings (SSSR count). The number of ether oxygens (including phenoxy) is 1. The van der Waals surface area contributed by atoms with E-state index in [0.717, 1.165) is 0 Å². The first-order chi connectivity index (χ1) is 9.13. The molecule has 1 aromatic carbocycles. The fourth-order valence-corrected chi connectivity index (χ4v) is 2.72. The third kappa shape index (κ3) is 3.14. The molecule has 19 heavy (non-hydrogen) atoms. The Kier molecular flexibility index (Phi) is 4.56. The average Bonchev–Trinajstić information content (AvgIpc) is 2.46. The molecular weight excluding hydrogens is 242 g/mol. The lowest BCUT2D eigenvalue weighted by Gasteiger charge is -2.40. The normalized spacial score (nSPS) is 25.8. The lowest BCUT2D eigenvalue weighted by atomic mass is 9.95. The Morgan fingerprint density at radius 2 is 2.11 bits per heavy atom. The van der Waals surface area contributed by atoms with Gasteiger partial charge in [-0.3, -0.25) is 9.69 Å². The van der Waals surface area contributed by atoms with Crippen LogP contribution in [-0.4, -0.2) is 41.8 Å². The first-order valence-electron chi connectivity index (χ1n) is 6.70. The van der Waals surface area contributed by atoms with Gasteiger partial charge in [0.15, 0.2) is 0 Å². The van der Waals surface area contributed by atoms with E-state index in [4.69, 9.17) is 4.74 Å². The van der Waals surface area contributed by atoms with E-state index in [9.17, 15) is 9.90 Å². The van der Waals surface area contributed by atoms with Crippen LogP contribution in [0.1, 0.15) is 31.4 Å². The molecule has 3 unspecified atom stereocenters. The highest BCUT2D eigenvalue weighted by molar-refractivity contribution is 5.76. The van der Waals surface area contributed by atoms with E-state index in [1.165, 1.54) is 12.7 Å². The van der Waals surface area contributed by atoms with Gasteiger partial charge in [-0.2, -0.15) is 0 Å². The molecule has 104 valence electrons. The highest BCUT2D eigenvalue weighted by atomic mass is 16.5. The Morgan fingerprint density at radius 3 is 2.74 bits per heavy atom. The number of carbonyl (C=O) groups is 1. The van der Waals surface area contributed by atoms with E-state index < -0.39 is 6.10 Å². The maximum absolute atomic E-state index is 11.9. The van der Waals surface area contributed by atoms with Crippen LogP contribution < -0.4 is 0 Å². The van der Waals surface area contributed by atoms with Crippen LogP contribution in [0, 0.1) is 0 Å². The molecule has 1 aliphatic rings. The van der Waals surface area contributed by atoms with Crippen molar-refractivity contribution in [3.63, 3.8) is 0 Å². The third-order valence-corrected chi connectivity index (χ3v) is 3.87. The second-order valence-corrected chi connectivity index (χ2v) is 5.04. The van der Waals surface area contributed by atoms with Gasteiger partial charge in [-0.05, 0) is 25.3 Å². The van der Waals surface area contributed by atoms with Crippen LogP contribution >= 0.6 is 0 Å². The monoisotopic (exact) mass is 263 g/mol. The quantitative estimate of drug-likeness (QED) is 0.844. The van der Waals surface area contributed by atoms with Gasteiger partial charge in [0.25, 0.3) is 0 Å². The largest absolute Gasteiger partial charge is 0.468 e. The van der Waals surface area contributed by atoms with Crippen LogP contribution in [0.3, 0.4) is 0 Å². The summed E-state index contributed by atoms with van der Waals surface area (Å²) in [5.74, 6) is -0.262. The zero-order valence-electron chi connectivity index (χ0n) is 11.5. The molecule has 4 heteroatoms. The molecule has 4 nitrogen and oxygen atoms in total. The fourth-order valence-electron chi connectivity index (χ4n) is 2.72. The standard InChI is InChI=1S/C15H21NO3/c1-11(12-6-4-3-5-7-12)16-9-8-13(17)10-14(16)15(18)19-2/h3-7,11,13-14,17H,8-10H2,1-2H3. The number of hydrogen-bond acceptors (Lipinski definition) is 4. The van der Waals surface area contributed by atoms with E-state index in [1.54, 1.807) is 0 Å². The fraction of sp³-hybridized carbons (Fsp3) is 0.533. The molecule has 0 radical (unpaired) electrons. The van der Waals surface area contributed by atoms with Crippen LogP contribution in [-0.2, 0) is 9.53 Å². The van der Waals surface area contributed by atoms with Crippen LogP contribution in [0.5, 0.6) is 0 Å². The van der Waals surface area contributed by atoms with Crippen molar-refractivity contribution in [3.8, 4) is 0 Å². The topological polar surface area (TPSA) is 49.8 Å². The Morgan fingerprint density at radius 1 is 1.42 bits per heavy atom. The molecule has 1 N–H and O–H groups in total. The SMILES string of the molecule is COC(=O)C1CC(O)CCN1C(C)c1ccccc1. The predicted molar refractivity (Wildman–Crippen MR) is 72.6 cm³/mol. The van der Waals surface area contributed by atoms with E-state index in [1.807, 2.05) is 18.2 Å². The Bertz CT molecular complexity index is 421. The number of methoxy groups -OCH3 is 1. The van der Waals surface area contributed by atoms with Gasteiger partial charge in [0.1, 0.15) is 6.04 Å². The highest BCUT2D eigenvalue weighted by Crippen LogP contribution is 2.28. The number of likely N-dealkylation sites (tertiary alicyclic amines) is 1. The number of aliphatic hydroxyl groups excluding tert-OH is 1. The van der Waals surface area contributed by atoms with Crippen LogP contribution in [0.4, 0.5) is 0 Å². The maximum atomic E-state index is 11.9. The van der Waals surface area contributed by atoms with Crippen molar-refractivity contribution >= 4 is 5.97 Å². The van der Waals surface area contributed by atoms with Crippen molar-refractivity contribution < 1.29 is 14.6 Å². The van der Waals surface area contributed by atoms with Crippen LogP contribution in [0.15, 0.2) is 30.3 Å². The maximum Gasteiger partial charge on any atom is 0.323 e. The number of esters is 1. The molecule has 1 aromatic rings. The van der Waals surface area contributed by atoms with Crippen molar-refractivity contribution in [1.82, 2.24) is 4.90 Å². The number of aliphatic hydroxyl groups is 1.